The lowest BCUT2D eigenvalue weighted by Gasteiger charge is -2.31. The first-order valence-electron chi connectivity index (χ1n) is 6.56. The third-order valence-corrected chi connectivity index (χ3v) is 6.57. The Balaban J connectivity index is 2.43. The number of hydrogen-bond acceptors (Lipinski definition) is 4. The second kappa shape index (κ2) is 5.33. The summed E-state index contributed by atoms with van der Waals surface area (Å²) in [4.78, 5) is 11.5. The number of carboxylic acid groups (broad SMARTS) is 1. The molecule has 2 N–H and O–H groups in total. The Kier molecular flexibility index (Phi) is 4.16. The van der Waals surface area contributed by atoms with Crippen molar-refractivity contribution in [2.45, 2.75) is 56.1 Å². The summed E-state index contributed by atoms with van der Waals surface area (Å²) in [6.07, 6.45) is -0.361. The van der Waals surface area contributed by atoms with E-state index in [-0.39, 0.29) is 9.77 Å². The third-order valence-electron chi connectivity index (χ3n) is 3.38. The molecule has 2 atom stereocenters. The Bertz CT molecular complexity index is 660. The van der Waals surface area contributed by atoms with E-state index in [1.165, 1.54) is 0 Å². The number of carboxylic acids is 1. The minimum absolute atomic E-state index is 0.0364. The van der Waals surface area contributed by atoms with Crippen molar-refractivity contribution in [1.82, 2.24) is 4.72 Å². The Morgan fingerprint density at radius 1 is 1.43 bits per heavy atom. The van der Waals surface area contributed by atoms with Crippen LogP contribution in [-0.4, -0.2) is 31.7 Å². The number of alkyl halides is 1. The van der Waals surface area contributed by atoms with Crippen molar-refractivity contribution >= 4 is 27.3 Å². The molecule has 1 aromatic rings. The highest BCUT2D eigenvalue weighted by Gasteiger charge is 2.37. The highest BCUT2D eigenvalue weighted by atomic mass is 32.2. The summed E-state index contributed by atoms with van der Waals surface area (Å²) in [5, 5.41) is 9.07. The van der Waals surface area contributed by atoms with Gasteiger partial charge in [-0.2, -0.15) is 0 Å². The van der Waals surface area contributed by atoms with Crippen LogP contribution in [0.1, 0.15) is 48.2 Å². The molecular formula is C13H18FNO4S2. The minimum Gasteiger partial charge on any atom is -0.477 e. The molecule has 1 aromatic heterocycles. The van der Waals surface area contributed by atoms with Gasteiger partial charge in [-0.25, -0.2) is 22.3 Å². The number of sulfonamides is 1. The molecule has 0 bridgehead atoms. The van der Waals surface area contributed by atoms with Crippen LogP contribution in [0.2, 0.25) is 0 Å². The van der Waals surface area contributed by atoms with E-state index >= 15 is 0 Å². The topological polar surface area (TPSA) is 83.5 Å². The van der Waals surface area contributed by atoms with Crippen LogP contribution in [0.3, 0.4) is 0 Å². The molecule has 1 saturated carbocycles. The summed E-state index contributed by atoms with van der Waals surface area (Å²) in [7, 11) is -3.92. The lowest BCUT2D eigenvalue weighted by molar-refractivity contribution is 0.0702. The lowest BCUT2D eigenvalue weighted by Crippen LogP contribution is -2.48. The summed E-state index contributed by atoms with van der Waals surface area (Å²) in [6.45, 7) is 5.43. The average Bonchev–Trinajstić information content (AvgIpc) is 2.80. The highest BCUT2D eigenvalue weighted by molar-refractivity contribution is 7.89. The Morgan fingerprint density at radius 3 is 2.43 bits per heavy atom. The van der Waals surface area contributed by atoms with Crippen molar-refractivity contribution in [3.05, 3.63) is 15.8 Å². The van der Waals surface area contributed by atoms with Gasteiger partial charge in [-0.15, -0.1) is 11.3 Å². The number of aromatic carboxylic acids is 1. The van der Waals surface area contributed by atoms with Gasteiger partial charge in [-0.05, 0) is 24.3 Å². The fourth-order valence-electron chi connectivity index (χ4n) is 2.06. The van der Waals surface area contributed by atoms with Gasteiger partial charge in [0.15, 0.2) is 0 Å². The maximum atomic E-state index is 13.3. The van der Waals surface area contributed by atoms with E-state index in [9.17, 15) is 17.6 Å². The first-order chi connectivity index (χ1) is 9.52. The predicted molar refractivity (Wildman–Crippen MR) is 78.2 cm³/mol. The number of rotatable bonds is 4. The summed E-state index contributed by atoms with van der Waals surface area (Å²) in [6, 6.07) is 0.443. The van der Waals surface area contributed by atoms with E-state index in [1.54, 1.807) is 0 Å². The summed E-state index contributed by atoms with van der Waals surface area (Å²) >= 11 is 0.942. The monoisotopic (exact) mass is 335 g/mol. The first-order valence-corrected chi connectivity index (χ1v) is 8.86. The van der Waals surface area contributed by atoms with Gasteiger partial charge in [0, 0.05) is 4.88 Å². The van der Waals surface area contributed by atoms with Gasteiger partial charge in [-0.1, -0.05) is 20.8 Å². The molecule has 118 valence electrons. The normalized spacial score (nSPS) is 22.9. The van der Waals surface area contributed by atoms with E-state index in [0.717, 1.165) is 17.4 Å². The smallest absolute Gasteiger partial charge is 0.345 e. The van der Waals surface area contributed by atoms with Gasteiger partial charge in [0.1, 0.15) is 11.0 Å². The predicted octanol–water partition coefficient (Wildman–Crippen LogP) is 2.52. The van der Waals surface area contributed by atoms with Crippen LogP contribution in [0, 0.1) is 0 Å². The first kappa shape index (κ1) is 16.4. The van der Waals surface area contributed by atoms with Crippen molar-refractivity contribution in [3.8, 4) is 0 Å². The van der Waals surface area contributed by atoms with E-state index in [4.69, 9.17) is 5.11 Å². The zero-order valence-electron chi connectivity index (χ0n) is 12.0. The molecule has 0 radical (unpaired) electrons. The molecule has 1 fully saturated rings. The largest absolute Gasteiger partial charge is 0.477 e. The van der Waals surface area contributed by atoms with Crippen molar-refractivity contribution in [3.63, 3.8) is 0 Å². The molecule has 0 spiro atoms. The van der Waals surface area contributed by atoms with Crippen LogP contribution in [0.25, 0.3) is 0 Å². The molecule has 2 rings (SSSR count). The average molecular weight is 335 g/mol. The molecule has 0 unspecified atom stereocenters. The van der Waals surface area contributed by atoms with Crippen molar-refractivity contribution in [1.29, 1.82) is 0 Å². The highest BCUT2D eigenvalue weighted by Crippen LogP contribution is 2.37. The molecule has 0 aliphatic heterocycles. The zero-order chi connectivity index (χ0) is 16.0. The van der Waals surface area contributed by atoms with E-state index in [0.29, 0.717) is 17.7 Å². The van der Waals surface area contributed by atoms with Crippen molar-refractivity contribution < 1.29 is 22.7 Å². The number of carbonyl (C=O) groups is 1. The fourth-order valence-corrected chi connectivity index (χ4v) is 5.15. The molecule has 0 saturated heterocycles. The Labute approximate surface area is 127 Å². The van der Waals surface area contributed by atoms with Crippen LogP contribution in [-0.2, 0) is 15.4 Å². The molecule has 1 aliphatic carbocycles. The van der Waals surface area contributed by atoms with Gasteiger partial charge < -0.3 is 5.11 Å². The summed E-state index contributed by atoms with van der Waals surface area (Å²) in [5.74, 6) is -1.17. The van der Waals surface area contributed by atoms with Crippen LogP contribution >= 0.6 is 11.3 Å². The lowest BCUT2D eigenvalue weighted by atomic mass is 9.92. The van der Waals surface area contributed by atoms with Crippen LogP contribution in [0.5, 0.6) is 0 Å². The maximum absolute atomic E-state index is 13.3. The van der Waals surface area contributed by atoms with Gasteiger partial charge in [-0.3, -0.25) is 0 Å². The Morgan fingerprint density at radius 2 is 2.05 bits per heavy atom. The molecule has 0 aromatic carbocycles. The molecule has 1 heterocycles. The number of halogens is 1. The van der Waals surface area contributed by atoms with Crippen LogP contribution < -0.4 is 4.72 Å². The SMILES string of the molecule is CC(C)(C)c1sc(C(=O)O)cc1S(=O)(=O)N[C@@H]1CC[C@@H]1F. The second-order valence-corrected chi connectivity index (χ2v) is 8.91. The zero-order valence-corrected chi connectivity index (χ0v) is 13.6. The third kappa shape index (κ3) is 3.27. The molecule has 21 heavy (non-hydrogen) atoms. The van der Waals surface area contributed by atoms with E-state index in [2.05, 4.69) is 4.72 Å². The van der Waals surface area contributed by atoms with Gasteiger partial charge in [0.05, 0.1) is 10.9 Å². The van der Waals surface area contributed by atoms with Crippen LogP contribution in [0.15, 0.2) is 11.0 Å². The van der Waals surface area contributed by atoms with Gasteiger partial charge in [0.25, 0.3) is 0 Å². The summed E-state index contributed by atoms with van der Waals surface area (Å²) in [5.41, 5.74) is -0.517. The second-order valence-electron chi connectivity index (χ2n) is 6.18. The molecular weight excluding hydrogens is 317 g/mol. The summed E-state index contributed by atoms with van der Waals surface area (Å²) < 4.78 is 40.5. The standard InChI is InChI=1S/C13H18FNO4S2/c1-13(2,3)11-10(6-9(20-11)12(16)17)21(18,19)15-8-5-4-7(8)14/h6-8,15H,4-5H2,1-3H3,(H,16,17)/t7-,8+/m0/s1. The number of nitrogens with one attached hydrogen (secondary N) is 1. The quantitative estimate of drug-likeness (QED) is 0.885. The molecule has 0 amide bonds. The van der Waals surface area contributed by atoms with E-state index < -0.39 is 33.6 Å². The van der Waals surface area contributed by atoms with Crippen LogP contribution in [0.4, 0.5) is 4.39 Å². The molecule has 5 nitrogen and oxygen atoms in total. The molecule has 8 heteroatoms. The van der Waals surface area contributed by atoms with Gasteiger partial charge >= 0.3 is 5.97 Å². The molecule has 1 aliphatic rings. The van der Waals surface area contributed by atoms with Gasteiger partial charge in [0.2, 0.25) is 10.0 Å². The minimum atomic E-state index is -3.92. The Hall–Kier alpha value is -0.990. The maximum Gasteiger partial charge on any atom is 0.345 e. The van der Waals surface area contributed by atoms with Crippen molar-refractivity contribution in [2.75, 3.05) is 0 Å². The van der Waals surface area contributed by atoms with E-state index in [1.807, 2.05) is 20.8 Å². The number of hydrogen-bond donors (Lipinski definition) is 2. The van der Waals surface area contributed by atoms with Crippen molar-refractivity contribution in [2.24, 2.45) is 0 Å². The fraction of sp³-hybridized carbons (Fsp3) is 0.615. The number of thiophene rings is 1.